The standard InChI is InChI=1S/C14H13N3O/c1-10(8-15)14(18)17-9-12-5-2-4-11-6-3-7-16-13(11)12/h2-7,10H,9H2,1H3,(H,17,18). The number of hydrogen-bond donors (Lipinski definition) is 1. The van der Waals surface area contributed by atoms with Crippen LogP contribution in [0.4, 0.5) is 0 Å². The Kier molecular flexibility index (Phi) is 3.54. The summed E-state index contributed by atoms with van der Waals surface area (Å²) in [5, 5.41) is 12.4. The van der Waals surface area contributed by atoms with Crippen LogP contribution in [0, 0.1) is 17.2 Å². The molecule has 2 aromatic rings. The number of nitrogens with one attached hydrogen (secondary N) is 1. The molecule has 0 bridgehead atoms. The van der Waals surface area contributed by atoms with Gasteiger partial charge in [-0.25, -0.2) is 0 Å². The molecule has 0 aliphatic carbocycles. The van der Waals surface area contributed by atoms with E-state index in [9.17, 15) is 4.79 Å². The number of carbonyl (C=O) groups is 1. The zero-order valence-corrected chi connectivity index (χ0v) is 10.1. The van der Waals surface area contributed by atoms with Gasteiger partial charge in [-0.15, -0.1) is 0 Å². The number of para-hydroxylation sites is 1. The van der Waals surface area contributed by atoms with Gasteiger partial charge in [-0.05, 0) is 18.6 Å². The van der Waals surface area contributed by atoms with Gasteiger partial charge in [-0.2, -0.15) is 5.26 Å². The first-order valence-corrected chi connectivity index (χ1v) is 5.72. The fourth-order valence-corrected chi connectivity index (χ4v) is 1.70. The first kappa shape index (κ1) is 12.1. The molecule has 0 saturated carbocycles. The number of hydrogen-bond acceptors (Lipinski definition) is 3. The van der Waals surface area contributed by atoms with E-state index in [1.807, 2.05) is 36.4 Å². The van der Waals surface area contributed by atoms with E-state index in [2.05, 4.69) is 10.3 Å². The molecule has 0 fully saturated rings. The lowest BCUT2D eigenvalue weighted by molar-refractivity contribution is -0.123. The molecule has 4 heteroatoms. The zero-order chi connectivity index (χ0) is 13.0. The van der Waals surface area contributed by atoms with Gasteiger partial charge in [0.15, 0.2) is 0 Å². The maximum Gasteiger partial charge on any atom is 0.237 e. The summed E-state index contributed by atoms with van der Waals surface area (Å²) in [5.74, 6) is -0.890. The van der Waals surface area contributed by atoms with Gasteiger partial charge < -0.3 is 5.32 Å². The quantitative estimate of drug-likeness (QED) is 0.891. The van der Waals surface area contributed by atoms with Crippen LogP contribution >= 0.6 is 0 Å². The van der Waals surface area contributed by atoms with Crippen LogP contribution in [0.1, 0.15) is 12.5 Å². The Morgan fingerprint density at radius 2 is 2.22 bits per heavy atom. The molecule has 0 aliphatic rings. The highest BCUT2D eigenvalue weighted by Crippen LogP contribution is 2.15. The van der Waals surface area contributed by atoms with Gasteiger partial charge in [0.2, 0.25) is 5.91 Å². The molecule has 2 rings (SSSR count). The van der Waals surface area contributed by atoms with E-state index in [0.717, 1.165) is 16.5 Å². The normalized spacial score (nSPS) is 11.8. The Labute approximate surface area is 105 Å². The molecule has 1 N–H and O–H groups in total. The first-order chi connectivity index (χ1) is 8.72. The lowest BCUT2D eigenvalue weighted by atomic mass is 10.1. The Hall–Kier alpha value is -2.41. The average Bonchev–Trinajstić information content (AvgIpc) is 2.43. The molecule has 0 aliphatic heterocycles. The molecule has 4 nitrogen and oxygen atoms in total. The summed E-state index contributed by atoms with van der Waals surface area (Å²) in [7, 11) is 0. The van der Waals surface area contributed by atoms with Crippen LogP contribution in [0.2, 0.25) is 0 Å². The van der Waals surface area contributed by atoms with E-state index in [4.69, 9.17) is 5.26 Å². The summed E-state index contributed by atoms with van der Waals surface area (Å²) in [6.07, 6.45) is 1.73. The predicted molar refractivity (Wildman–Crippen MR) is 68.4 cm³/mol. The minimum Gasteiger partial charge on any atom is -0.351 e. The number of fused-ring (bicyclic) bond motifs is 1. The summed E-state index contributed by atoms with van der Waals surface area (Å²) in [4.78, 5) is 15.8. The molecular formula is C14H13N3O. The van der Waals surface area contributed by atoms with E-state index in [0.29, 0.717) is 6.54 Å². The topological polar surface area (TPSA) is 65.8 Å². The number of amides is 1. The van der Waals surface area contributed by atoms with Crippen molar-refractivity contribution in [3.05, 3.63) is 42.1 Å². The number of nitriles is 1. The molecule has 0 spiro atoms. The van der Waals surface area contributed by atoms with Crippen molar-refractivity contribution in [3.8, 4) is 6.07 Å². The average molecular weight is 239 g/mol. The van der Waals surface area contributed by atoms with Gasteiger partial charge in [0.1, 0.15) is 5.92 Å². The summed E-state index contributed by atoms with van der Waals surface area (Å²) >= 11 is 0. The second-order valence-electron chi connectivity index (χ2n) is 4.06. The Balaban J connectivity index is 2.18. The van der Waals surface area contributed by atoms with E-state index < -0.39 is 5.92 Å². The van der Waals surface area contributed by atoms with E-state index in [1.165, 1.54) is 0 Å². The fraction of sp³-hybridized carbons (Fsp3) is 0.214. The van der Waals surface area contributed by atoms with Gasteiger partial charge in [0, 0.05) is 18.1 Å². The van der Waals surface area contributed by atoms with Crippen molar-refractivity contribution in [3.63, 3.8) is 0 Å². The Bertz CT molecular complexity index is 610. The van der Waals surface area contributed by atoms with Crippen LogP contribution in [-0.4, -0.2) is 10.9 Å². The largest absolute Gasteiger partial charge is 0.351 e. The van der Waals surface area contributed by atoms with Gasteiger partial charge in [-0.3, -0.25) is 9.78 Å². The van der Waals surface area contributed by atoms with Crippen LogP contribution in [0.15, 0.2) is 36.5 Å². The molecule has 1 atom stereocenters. The van der Waals surface area contributed by atoms with Gasteiger partial charge in [-0.1, -0.05) is 24.3 Å². The van der Waals surface area contributed by atoms with E-state index in [-0.39, 0.29) is 5.91 Å². The third kappa shape index (κ3) is 2.46. The van der Waals surface area contributed by atoms with Crippen molar-refractivity contribution >= 4 is 16.8 Å². The molecule has 1 aromatic carbocycles. The number of aromatic nitrogens is 1. The maximum absolute atomic E-state index is 11.5. The van der Waals surface area contributed by atoms with E-state index in [1.54, 1.807) is 13.1 Å². The summed E-state index contributed by atoms with van der Waals surface area (Å²) in [6, 6.07) is 11.6. The van der Waals surface area contributed by atoms with Crippen molar-refractivity contribution in [1.82, 2.24) is 10.3 Å². The highest BCUT2D eigenvalue weighted by Gasteiger charge is 2.11. The van der Waals surface area contributed by atoms with Crippen molar-refractivity contribution in [2.75, 3.05) is 0 Å². The van der Waals surface area contributed by atoms with Crippen LogP contribution in [0.3, 0.4) is 0 Å². The minimum absolute atomic E-state index is 0.259. The number of pyridine rings is 1. The van der Waals surface area contributed by atoms with Crippen LogP contribution in [-0.2, 0) is 11.3 Å². The van der Waals surface area contributed by atoms with Crippen LogP contribution < -0.4 is 5.32 Å². The third-order valence-corrected chi connectivity index (χ3v) is 2.76. The van der Waals surface area contributed by atoms with Gasteiger partial charge in [0.05, 0.1) is 11.6 Å². The number of nitrogens with zero attached hydrogens (tertiary/aromatic N) is 2. The van der Waals surface area contributed by atoms with Crippen molar-refractivity contribution < 1.29 is 4.79 Å². The van der Waals surface area contributed by atoms with Crippen molar-refractivity contribution in [2.45, 2.75) is 13.5 Å². The predicted octanol–water partition coefficient (Wildman–Crippen LogP) is 2.01. The summed E-state index contributed by atoms with van der Waals surface area (Å²) in [6.45, 7) is 1.97. The zero-order valence-electron chi connectivity index (χ0n) is 10.1. The molecule has 18 heavy (non-hydrogen) atoms. The second kappa shape index (κ2) is 5.28. The monoisotopic (exact) mass is 239 g/mol. The number of rotatable bonds is 3. The minimum atomic E-state index is -0.632. The molecule has 90 valence electrons. The van der Waals surface area contributed by atoms with Crippen molar-refractivity contribution in [2.24, 2.45) is 5.92 Å². The first-order valence-electron chi connectivity index (χ1n) is 5.72. The maximum atomic E-state index is 11.5. The smallest absolute Gasteiger partial charge is 0.237 e. The lowest BCUT2D eigenvalue weighted by Crippen LogP contribution is -2.28. The highest BCUT2D eigenvalue weighted by molar-refractivity contribution is 5.83. The Morgan fingerprint density at radius 3 is 3.00 bits per heavy atom. The highest BCUT2D eigenvalue weighted by atomic mass is 16.1. The van der Waals surface area contributed by atoms with Crippen LogP contribution in [0.5, 0.6) is 0 Å². The molecule has 1 heterocycles. The molecule has 0 radical (unpaired) electrons. The second-order valence-corrected chi connectivity index (χ2v) is 4.06. The molecule has 1 amide bonds. The van der Waals surface area contributed by atoms with E-state index >= 15 is 0 Å². The van der Waals surface area contributed by atoms with Crippen LogP contribution in [0.25, 0.3) is 10.9 Å². The number of carbonyl (C=O) groups excluding carboxylic acids is 1. The molecule has 1 unspecified atom stereocenters. The fourth-order valence-electron chi connectivity index (χ4n) is 1.70. The number of benzene rings is 1. The molecule has 0 saturated heterocycles. The molecular weight excluding hydrogens is 226 g/mol. The van der Waals surface area contributed by atoms with Gasteiger partial charge in [0.25, 0.3) is 0 Å². The third-order valence-electron chi connectivity index (χ3n) is 2.76. The molecule has 1 aromatic heterocycles. The van der Waals surface area contributed by atoms with Gasteiger partial charge >= 0.3 is 0 Å². The lowest BCUT2D eigenvalue weighted by Gasteiger charge is -2.08. The summed E-state index contributed by atoms with van der Waals surface area (Å²) in [5.41, 5.74) is 1.83. The SMILES string of the molecule is CC(C#N)C(=O)NCc1cccc2cccnc12. The Morgan fingerprint density at radius 1 is 1.44 bits per heavy atom. The summed E-state index contributed by atoms with van der Waals surface area (Å²) < 4.78 is 0. The van der Waals surface area contributed by atoms with Crippen molar-refractivity contribution in [1.29, 1.82) is 5.26 Å².